The molecule has 0 heterocycles. The van der Waals surface area contributed by atoms with Gasteiger partial charge in [0.2, 0.25) is 0 Å². The van der Waals surface area contributed by atoms with E-state index in [1.165, 1.54) is 56.9 Å². The summed E-state index contributed by atoms with van der Waals surface area (Å²) in [7, 11) is 0. The maximum Gasteiger partial charge on any atom is 0.0614 e. The highest BCUT2D eigenvalue weighted by atomic mass is 16.5. The fourth-order valence-electron chi connectivity index (χ4n) is 6.81. The molecule has 5 unspecified atom stereocenters. The summed E-state index contributed by atoms with van der Waals surface area (Å²) in [5, 5.41) is 0. The van der Waals surface area contributed by atoms with Crippen LogP contribution in [0.15, 0.2) is 12.2 Å². The zero-order valence-electron chi connectivity index (χ0n) is 15.9. The molecule has 3 aliphatic rings. The largest absolute Gasteiger partial charge is 0.378 e. The smallest absolute Gasteiger partial charge is 0.0614 e. The molecule has 0 saturated heterocycles. The predicted octanol–water partition coefficient (Wildman–Crippen LogP) is 6.24. The van der Waals surface area contributed by atoms with Gasteiger partial charge in [0, 0.05) is 6.61 Å². The summed E-state index contributed by atoms with van der Waals surface area (Å²) >= 11 is 0. The molecule has 0 spiro atoms. The lowest BCUT2D eigenvalue weighted by molar-refractivity contribution is -0.136. The van der Waals surface area contributed by atoms with Crippen LogP contribution in [0.5, 0.6) is 0 Å². The number of hydrogen-bond acceptors (Lipinski definition) is 1. The van der Waals surface area contributed by atoms with Gasteiger partial charge in [-0.05, 0) is 80.5 Å². The van der Waals surface area contributed by atoms with Crippen LogP contribution in [-0.4, -0.2) is 12.7 Å². The molecule has 0 bridgehead atoms. The minimum Gasteiger partial charge on any atom is -0.378 e. The van der Waals surface area contributed by atoms with Crippen LogP contribution < -0.4 is 0 Å². The van der Waals surface area contributed by atoms with E-state index in [2.05, 4.69) is 34.3 Å². The third kappa shape index (κ3) is 3.03. The van der Waals surface area contributed by atoms with Gasteiger partial charge in [0.1, 0.15) is 0 Å². The van der Waals surface area contributed by atoms with Crippen LogP contribution in [0.2, 0.25) is 0 Å². The second-order valence-electron chi connectivity index (χ2n) is 9.02. The molecule has 3 saturated carbocycles. The van der Waals surface area contributed by atoms with Crippen molar-refractivity contribution in [2.24, 2.45) is 35.0 Å². The zero-order valence-corrected chi connectivity index (χ0v) is 15.9. The molecule has 0 aliphatic heterocycles. The Labute approximate surface area is 144 Å². The second kappa shape index (κ2) is 6.90. The van der Waals surface area contributed by atoms with Gasteiger partial charge in [-0.2, -0.15) is 0 Å². The van der Waals surface area contributed by atoms with E-state index in [-0.39, 0.29) is 0 Å². The average Bonchev–Trinajstić information content (AvgIpc) is 2.52. The minimum absolute atomic E-state index is 0.479. The van der Waals surface area contributed by atoms with Crippen LogP contribution >= 0.6 is 0 Å². The molecule has 0 aromatic rings. The normalized spacial score (nSPS) is 47.0. The lowest BCUT2D eigenvalue weighted by Crippen LogP contribution is -2.54. The fourth-order valence-corrected chi connectivity index (χ4v) is 6.81. The molecule has 23 heavy (non-hydrogen) atoms. The van der Waals surface area contributed by atoms with Gasteiger partial charge in [0.05, 0.1) is 6.10 Å². The number of fused-ring (bicyclic) bond motifs is 3. The Balaban J connectivity index is 1.90. The van der Waals surface area contributed by atoms with Gasteiger partial charge < -0.3 is 4.74 Å². The van der Waals surface area contributed by atoms with Crippen molar-refractivity contribution in [3.05, 3.63) is 12.2 Å². The monoisotopic (exact) mass is 318 g/mol. The van der Waals surface area contributed by atoms with Gasteiger partial charge in [-0.25, -0.2) is 0 Å². The Morgan fingerprint density at radius 1 is 1.22 bits per heavy atom. The first-order valence-corrected chi connectivity index (χ1v) is 10.3. The van der Waals surface area contributed by atoms with Crippen molar-refractivity contribution in [1.29, 1.82) is 0 Å². The summed E-state index contributed by atoms with van der Waals surface area (Å²) in [5.41, 5.74) is 2.05. The van der Waals surface area contributed by atoms with Gasteiger partial charge in [-0.15, -0.1) is 0 Å². The topological polar surface area (TPSA) is 9.23 Å². The van der Waals surface area contributed by atoms with Crippen LogP contribution in [0.4, 0.5) is 0 Å². The Kier molecular flexibility index (Phi) is 5.26. The van der Waals surface area contributed by atoms with E-state index in [4.69, 9.17) is 4.74 Å². The molecular formula is C22H38O. The van der Waals surface area contributed by atoms with Crippen LogP contribution in [-0.2, 0) is 4.74 Å². The Morgan fingerprint density at radius 2 is 2.00 bits per heavy atom. The first-order valence-electron chi connectivity index (χ1n) is 10.3. The standard InChI is InChI=1S/C22H38O/c1-6-12-22(5)13-8-9-17-18-11-10-15(3)16(4)21(18)20(23-7-2)14-19(17)22/h16-21H,3,6-14H2,1-2,4-5H3/t16?,17?,18?,19?,20-,21?,22-/m1/s1. The summed E-state index contributed by atoms with van der Waals surface area (Å²) < 4.78 is 6.35. The molecule has 3 aliphatic carbocycles. The molecule has 7 atom stereocenters. The van der Waals surface area contributed by atoms with E-state index in [0.717, 1.165) is 30.3 Å². The molecule has 132 valence electrons. The van der Waals surface area contributed by atoms with Crippen LogP contribution in [0.1, 0.15) is 79.1 Å². The van der Waals surface area contributed by atoms with Gasteiger partial charge >= 0.3 is 0 Å². The van der Waals surface area contributed by atoms with Crippen molar-refractivity contribution >= 4 is 0 Å². The fraction of sp³-hybridized carbons (Fsp3) is 0.909. The third-order valence-corrected chi connectivity index (χ3v) is 7.88. The highest BCUT2D eigenvalue weighted by Crippen LogP contribution is 2.60. The number of ether oxygens (including phenoxy) is 1. The molecule has 0 amide bonds. The average molecular weight is 319 g/mol. The summed E-state index contributed by atoms with van der Waals surface area (Å²) in [6.07, 6.45) is 11.5. The molecular weight excluding hydrogens is 280 g/mol. The Bertz CT molecular complexity index is 424. The van der Waals surface area contributed by atoms with Crippen molar-refractivity contribution in [2.75, 3.05) is 6.61 Å². The molecule has 0 aromatic heterocycles. The van der Waals surface area contributed by atoms with Crippen molar-refractivity contribution in [3.63, 3.8) is 0 Å². The van der Waals surface area contributed by atoms with Gasteiger partial charge in [-0.3, -0.25) is 0 Å². The number of hydrogen-bond donors (Lipinski definition) is 0. The zero-order chi connectivity index (χ0) is 16.6. The van der Waals surface area contributed by atoms with Gasteiger partial charge in [0.15, 0.2) is 0 Å². The third-order valence-electron chi connectivity index (χ3n) is 7.88. The molecule has 3 rings (SSSR count). The maximum atomic E-state index is 6.35. The summed E-state index contributed by atoms with van der Waals surface area (Å²) in [6, 6.07) is 0. The second-order valence-corrected chi connectivity index (χ2v) is 9.02. The van der Waals surface area contributed by atoms with Crippen LogP contribution in [0.25, 0.3) is 0 Å². The van der Waals surface area contributed by atoms with Crippen molar-refractivity contribution < 1.29 is 4.74 Å². The first-order chi connectivity index (χ1) is 11.0. The van der Waals surface area contributed by atoms with Crippen molar-refractivity contribution in [1.82, 2.24) is 0 Å². The first kappa shape index (κ1) is 17.5. The Hall–Kier alpha value is -0.300. The van der Waals surface area contributed by atoms with Crippen LogP contribution in [0, 0.1) is 35.0 Å². The quantitative estimate of drug-likeness (QED) is 0.558. The molecule has 0 aromatic carbocycles. The van der Waals surface area contributed by atoms with E-state index in [1.54, 1.807) is 0 Å². The highest BCUT2D eigenvalue weighted by molar-refractivity contribution is 5.13. The minimum atomic E-state index is 0.479. The maximum absolute atomic E-state index is 6.35. The van der Waals surface area contributed by atoms with Gasteiger partial charge in [-0.1, -0.05) is 45.8 Å². The molecule has 3 fully saturated rings. The molecule has 1 heteroatoms. The highest BCUT2D eigenvalue weighted by Gasteiger charge is 2.54. The Morgan fingerprint density at radius 3 is 2.70 bits per heavy atom. The van der Waals surface area contributed by atoms with E-state index in [9.17, 15) is 0 Å². The van der Waals surface area contributed by atoms with E-state index >= 15 is 0 Å². The van der Waals surface area contributed by atoms with Crippen molar-refractivity contribution in [3.8, 4) is 0 Å². The lowest BCUT2D eigenvalue weighted by atomic mass is 9.48. The van der Waals surface area contributed by atoms with Crippen LogP contribution in [0.3, 0.4) is 0 Å². The van der Waals surface area contributed by atoms with E-state index in [1.807, 2.05) is 0 Å². The summed E-state index contributed by atoms with van der Waals surface area (Å²) in [5.74, 6) is 4.14. The molecule has 0 radical (unpaired) electrons. The summed E-state index contributed by atoms with van der Waals surface area (Å²) in [4.78, 5) is 0. The summed E-state index contributed by atoms with van der Waals surface area (Å²) in [6.45, 7) is 14.8. The van der Waals surface area contributed by atoms with Crippen molar-refractivity contribution in [2.45, 2.75) is 85.2 Å². The van der Waals surface area contributed by atoms with E-state index < -0.39 is 0 Å². The molecule has 0 N–H and O–H groups in total. The number of allylic oxidation sites excluding steroid dienone is 1. The number of rotatable bonds is 4. The SMILES string of the molecule is C=C1CCC2C3CCC[C@@](C)(CCC)C3C[C@@H](OCC)C2C1C. The predicted molar refractivity (Wildman–Crippen MR) is 98.4 cm³/mol. The van der Waals surface area contributed by atoms with Gasteiger partial charge in [0.25, 0.3) is 0 Å². The van der Waals surface area contributed by atoms with E-state index in [0.29, 0.717) is 17.4 Å². The molecule has 1 nitrogen and oxygen atoms in total. The lowest BCUT2D eigenvalue weighted by Gasteiger charge is -2.58.